The fourth-order valence-corrected chi connectivity index (χ4v) is 4.50. The maximum Gasteiger partial charge on any atom is 0.134 e. The Morgan fingerprint density at radius 3 is 2.59 bits per heavy atom. The van der Waals surface area contributed by atoms with Gasteiger partial charge in [0.1, 0.15) is 5.82 Å². The van der Waals surface area contributed by atoms with Gasteiger partial charge < -0.3 is 0 Å². The van der Waals surface area contributed by atoms with Crippen LogP contribution in [0.1, 0.15) is 66.8 Å². The van der Waals surface area contributed by atoms with E-state index in [0.29, 0.717) is 0 Å². The van der Waals surface area contributed by atoms with Crippen LogP contribution in [0, 0.1) is 5.82 Å². The van der Waals surface area contributed by atoms with Gasteiger partial charge >= 0.3 is 0 Å². The van der Waals surface area contributed by atoms with E-state index in [4.69, 9.17) is 0 Å². The Morgan fingerprint density at radius 2 is 1.78 bits per heavy atom. The molecule has 0 fully saturated rings. The zero-order valence-corrected chi connectivity index (χ0v) is 16.5. The maximum absolute atomic E-state index is 15.3. The van der Waals surface area contributed by atoms with Crippen LogP contribution in [-0.4, -0.2) is 0 Å². The second-order valence-corrected chi connectivity index (χ2v) is 8.02. The summed E-state index contributed by atoms with van der Waals surface area (Å²) in [6.07, 6.45) is 7.71. The number of fused-ring (bicyclic) bond motifs is 2. The van der Waals surface area contributed by atoms with Crippen LogP contribution in [0.4, 0.5) is 4.39 Å². The minimum Gasteiger partial charge on any atom is -0.206 e. The quantitative estimate of drug-likeness (QED) is 0.453. The summed E-state index contributed by atoms with van der Waals surface area (Å²) in [4.78, 5) is 0. The predicted octanol–water partition coefficient (Wildman–Crippen LogP) is 7.16. The minimum absolute atomic E-state index is 0.0110. The van der Waals surface area contributed by atoms with Crippen molar-refractivity contribution in [3.05, 3.63) is 82.2 Å². The van der Waals surface area contributed by atoms with E-state index in [9.17, 15) is 0 Å². The molecule has 0 bridgehead atoms. The van der Waals surface area contributed by atoms with Crippen LogP contribution in [0.5, 0.6) is 0 Å². The molecular formula is C26H29F. The van der Waals surface area contributed by atoms with Gasteiger partial charge in [-0.25, -0.2) is 4.39 Å². The lowest BCUT2D eigenvalue weighted by Crippen LogP contribution is -2.14. The molecule has 0 aromatic heterocycles. The molecule has 4 rings (SSSR count). The van der Waals surface area contributed by atoms with Gasteiger partial charge in [0.05, 0.1) is 0 Å². The summed E-state index contributed by atoms with van der Waals surface area (Å²) in [7, 11) is 0. The molecule has 27 heavy (non-hydrogen) atoms. The molecule has 0 saturated heterocycles. The van der Waals surface area contributed by atoms with Crippen molar-refractivity contribution in [3.8, 4) is 0 Å². The highest BCUT2D eigenvalue weighted by Crippen LogP contribution is 2.36. The van der Waals surface area contributed by atoms with Gasteiger partial charge in [-0.15, -0.1) is 0 Å². The van der Waals surface area contributed by atoms with E-state index >= 15 is 4.39 Å². The first-order valence-corrected chi connectivity index (χ1v) is 10.5. The zero-order chi connectivity index (χ0) is 18.8. The van der Waals surface area contributed by atoms with E-state index in [-0.39, 0.29) is 11.7 Å². The molecule has 3 aromatic carbocycles. The lowest BCUT2D eigenvalue weighted by molar-refractivity contribution is 0.539. The summed E-state index contributed by atoms with van der Waals surface area (Å²) >= 11 is 0. The molecule has 1 aliphatic carbocycles. The van der Waals surface area contributed by atoms with Gasteiger partial charge in [-0.2, -0.15) is 0 Å². The average molecular weight is 361 g/mol. The third-order valence-corrected chi connectivity index (χ3v) is 6.21. The molecule has 1 heteroatoms. The summed E-state index contributed by atoms with van der Waals surface area (Å²) in [6.45, 7) is 4.38. The first-order chi connectivity index (χ1) is 13.2. The normalized spacial score (nSPS) is 16.5. The van der Waals surface area contributed by atoms with Crippen molar-refractivity contribution in [1.29, 1.82) is 0 Å². The number of hydrogen-bond acceptors (Lipinski definition) is 0. The standard InChI is InChI=1S/C26H29F/c1-3-5-6-19-7-9-21-17-23(11-10-20(21)16-19)25-14-12-22-15-18(4-2)8-13-24(22)26(25)27/h7-9,12-16,23H,3-6,10-11,17H2,1-2H3. The number of rotatable bonds is 5. The van der Waals surface area contributed by atoms with Gasteiger partial charge in [-0.3, -0.25) is 0 Å². The number of benzene rings is 3. The molecule has 0 spiro atoms. The third kappa shape index (κ3) is 3.65. The Labute approximate surface area is 162 Å². The molecule has 140 valence electrons. The monoisotopic (exact) mass is 360 g/mol. The van der Waals surface area contributed by atoms with Crippen molar-refractivity contribution in [2.45, 2.75) is 64.7 Å². The van der Waals surface area contributed by atoms with Crippen molar-refractivity contribution in [1.82, 2.24) is 0 Å². The Balaban J connectivity index is 1.61. The van der Waals surface area contributed by atoms with Crippen LogP contribution >= 0.6 is 0 Å². The van der Waals surface area contributed by atoms with Gasteiger partial charge in [0.25, 0.3) is 0 Å². The highest BCUT2D eigenvalue weighted by Gasteiger charge is 2.23. The molecule has 3 aromatic rings. The highest BCUT2D eigenvalue weighted by atomic mass is 19.1. The summed E-state index contributed by atoms with van der Waals surface area (Å²) in [6, 6.07) is 17.2. The molecule has 0 nitrogen and oxygen atoms in total. The van der Waals surface area contributed by atoms with Crippen LogP contribution in [0.15, 0.2) is 48.5 Å². The Hall–Kier alpha value is -2.15. The molecule has 0 aliphatic heterocycles. The van der Waals surface area contributed by atoms with Crippen molar-refractivity contribution < 1.29 is 4.39 Å². The summed E-state index contributed by atoms with van der Waals surface area (Å²) < 4.78 is 15.3. The summed E-state index contributed by atoms with van der Waals surface area (Å²) in [5, 5.41) is 1.79. The lowest BCUT2D eigenvalue weighted by Gasteiger charge is -2.26. The van der Waals surface area contributed by atoms with E-state index < -0.39 is 0 Å². The minimum atomic E-state index is -0.0110. The zero-order valence-electron chi connectivity index (χ0n) is 16.5. The van der Waals surface area contributed by atoms with Gasteiger partial charge in [0, 0.05) is 5.39 Å². The van der Waals surface area contributed by atoms with Gasteiger partial charge in [0.15, 0.2) is 0 Å². The second kappa shape index (κ2) is 7.84. The lowest BCUT2D eigenvalue weighted by atomic mass is 9.79. The second-order valence-electron chi connectivity index (χ2n) is 8.02. The summed E-state index contributed by atoms with van der Waals surface area (Å²) in [5.74, 6) is 0.275. The Morgan fingerprint density at radius 1 is 0.926 bits per heavy atom. The maximum atomic E-state index is 15.3. The van der Waals surface area contributed by atoms with Crippen molar-refractivity contribution >= 4 is 10.8 Å². The molecule has 0 amide bonds. The van der Waals surface area contributed by atoms with Gasteiger partial charge in [0.2, 0.25) is 0 Å². The molecule has 0 saturated carbocycles. The van der Waals surface area contributed by atoms with Crippen LogP contribution in [0.3, 0.4) is 0 Å². The predicted molar refractivity (Wildman–Crippen MR) is 113 cm³/mol. The fourth-order valence-electron chi connectivity index (χ4n) is 4.50. The average Bonchev–Trinajstić information content (AvgIpc) is 2.71. The van der Waals surface area contributed by atoms with Gasteiger partial charge in [-0.05, 0) is 77.6 Å². The van der Waals surface area contributed by atoms with E-state index in [1.807, 2.05) is 12.1 Å². The van der Waals surface area contributed by atoms with Crippen LogP contribution in [-0.2, 0) is 25.7 Å². The topological polar surface area (TPSA) is 0 Å². The van der Waals surface area contributed by atoms with Crippen molar-refractivity contribution in [2.75, 3.05) is 0 Å². The molecule has 0 N–H and O–H groups in total. The number of aryl methyl sites for hydroxylation is 3. The van der Waals surface area contributed by atoms with Crippen LogP contribution < -0.4 is 0 Å². The molecule has 1 aliphatic rings. The first-order valence-electron chi connectivity index (χ1n) is 10.5. The van der Waals surface area contributed by atoms with Crippen LogP contribution in [0.25, 0.3) is 10.8 Å². The van der Waals surface area contributed by atoms with Gasteiger partial charge in [-0.1, -0.05) is 68.8 Å². The molecule has 0 heterocycles. The molecule has 0 radical (unpaired) electrons. The van der Waals surface area contributed by atoms with E-state index in [2.05, 4.69) is 50.2 Å². The van der Waals surface area contributed by atoms with E-state index in [1.54, 1.807) is 0 Å². The smallest absolute Gasteiger partial charge is 0.134 e. The fraction of sp³-hybridized carbons (Fsp3) is 0.385. The molecule has 1 atom stereocenters. The molecule has 1 unspecified atom stereocenters. The van der Waals surface area contributed by atoms with Crippen molar-refractivity contribution in [3.63, 3.8) is 0 Å². The Kier molecular flexibility index (Phi) is 5.29. The van der Waals surface area contributed by atoms with E-state index in [0.717, 1.165) is 42.0 Å². The first kappa shape index (κ1) is 18.2. The third-order valence-electron chi connectivity index (χ3n) is 6.21. The number of hydrogen-bond donors (Lipinski definition) is 0. The number of halogens is 1. The van der Waals surface area contributed by atoms with Crippen LogP contribution in [0.2, 0.25) is 0 Å². The van der Waals surface area contributed by atoms with E-state index in [1.165, 1.54) is 41.5 Å². The number of unbranched alkanes of at least 4 members (excludes halogenated alkanes) is 1. The SMILES string of the molecule is CCCCc1ccc2c(c1)CCC(c1ccc3cc(CC)ccc3c1F)C2. The Bertz CT molecular complexity index is 954. The highest BCUT2D eigenvalue weighted by molar-refractivity contribution is 5.84. The van der Waals surface area contributed by atoms with Crippen molar-refractivity contribution in [2.24, 2.45) is 0 Å². The summed E-state index contributed by atoms with van der Waals surface area (Å²) in [5.41, 5.74) is 6.51. The molecular weight excluding hydrogens is 331 g/mol. The largest absolute Gasteiger partial charge is 0.206 e.